The van der Waals surface area contributed by atoms with Crippen LogP contribution in [0, 0.1) is 0 Å². The minimum Gasteiger partial charge on any atom is -0.489 e. The molecule has 0 bridgehead atoms. The largest absolute Gasteiger partial charge is 0.489 e. The Balaban J connectivity index is 1.82. The summed E-state index contributed by atoms with van der Waals surface area (Å²) in [4.78, 5) is 28.2. The molecule has 1 amide bonds. The van der Waals surface area contributed by atoms with Gasteiger partial charge in [0.05, 0.1) is 6.20 Å². The van der Waals surface area contributed by atoms with E-state index in [1.165, 1.54) is 12.3 Å². The molecule has 2 rings (SSSR count). The second-order valence-corrected chi connectivity index (χ2v) is 6.47. The average Bonchev–Trinajstić information content (AvgIpc) is 2.46. The van der Waals surface area contributed by atoms with Gasteiger partial charge in [-0.1, -0.05) is 0 Å². The van der Waals surface area contributed by atoms with E-state index in [0.717, 1.165) is 0 Å². The molecule has 1 fully saturated rings. The maximum Gasteiger partial charge on any atom is 0.410 e. The highest BCUT2D eigenvalue weighted by atomic mass is 16.6. The van der Waals surface area contributed by atoms with Gasteiger partial charge < -0.3 is 19.5 Å². The van der Waals surface area contributed by atoms with Gasteiger partial charge >= 0.3 is 12.1 Å². The number of amides is 1. The lowest BCUT2D eigenvalue weighted by atomic mass is 10.1. The van der Waals surface area contributed by atoms with Gasteiger partial charge in [0, 0.05) is 25.9 Å². The number of aromatic nitrogens is 1. The fourth-order valence-corrected chi connectivity index (χ4v) is 2.25. The molecule has 1 aliphatic heterocycles. The number of carboxylic acids is 1. The predicted molar refractivity (Wildman–Crippen MR) is 82.7 cm³/mol. The highest BCUT2D eigenvalue weighted by molar-refractivity contribution is 5.85. The van der Waals surface area contributed by atoms with Crippen LogP contribution in [0.4, 0.5) is 4.79 Å². The number of hydrogen-bond acceptors (Lipinski definition) is 5. The third-order valence-corrected chi connectivity index (χ3v) is 3.35. The van der Waals surface area contributed by atoms with Crippen molar-refractivity contribution in [2.75, 3.05) is 13.1 Å². The summed E-state index contributed by atoms with van der Waals surface area (Å²) in [5.41, 5.74) is -0.515. The predicted octanol–water partition coefficient (Wildman–Crippen LogP) is 2.56. The van der Waals surface area contributed by atoms with E-state index in [1.54, 1.807) is 11.0 Å². The van der Waals surface area contributed by atoms with Crippen LogP contribution in [0.15, 0.2) is 18.3 Å². The first-order valence-corrected chi connectivity index (χ1v) is 7.58. The number of carbonyl (C=O) groups excluding carboxylic acids is 1. The first kappa shape index (κ1) is 17.1. The molecule has 0 unspecified atom stereocenters. The molecule has 1 aliphatic rings. The van der Waals surface area contributed by atoms with Crippen LogP contribution in [0.1, 0.15) is 44.1 Å². The Morgan fingerprint density at radius 1 is 1.26 bits per heavy atom. The van der Waals surface area contributed by atoms with Gasteiger partial charge in [-0.3, -0.25) is 0 Å². The summed E-state index contributed by atoms with van der Waals surface area (Å²) in [6.45, 7) is 6.66. The molecule has 0 aliphatic carbocycles. The monoisotopic (exact) mass is 322 g/mol. The van der Waals surface area contributed by atoms with Gasteiger partial charge in [-0.25, -0.2) is 14.6 Å². The zero-order chi connectivity index (χ0) is 17.0. The van der Waals surface area contributed by atoms with Crippen LogP contribution in [-0.4, -0.2) is 51.8 Å². The first-order valence-electron chi connectivity index (χ1n) is 7.58. The molecule has 0 atom stereocenters. The van der Waals surface area contributed by atoms with Crippen molar-refractivity contribution in [1.29, 1.82) is 0 Å². The van der Waals surface area contributed by atoms with Crippen LogP contribution < -0.4 is 4.74 Å². The molecule has 23 heavy (non-hydrogen) atoms. The Morgan fingerprint density at radius 2 is 1.91 bits per heavy atom. The summed E-state index contributed by atoms with van der Waals surface area (Å²) in [5, 5.41) is 8.81. The second-order valence-electron chi connectivity index (χ2n) is 6.47. The van der Waals surface area contributed by atoms with Gasteiger partial charge in [-0.15, -0.1) is 0 Å². The van der Waals surface area contributed by atoms with Gasteiger partial charge in [0.15, 0.2) is 0 Å². The van der Waals surface area contributed by atoms with E-state index in [2.05, 4.69) is 4.98 Å². The number of ether oxygens (including phenoxy) is 2. The number of likely N-dealkylation sites (tertiary alicyclic amines) is 1. The van der Waals surface area contributed by atoms with Gasteiger partial charge in [-0.2, -0.15) is 0 Å². The molecule has 2 heterocycles. The van der Waals surface area contributed by atoms with Crippen LogP contribution >= 0.6 is 0 Å². The van der Waals surface area contributed by atoms with E-state index < -0.39 is 11.6 Å². The van der Waals surface area contributed by atoms with Crippen molar-refractivity contribution in [3.05, 3.63) is 24.0 Å². The van der Waals surface area contributed by atoms with Crippen LogP contribution in [0.25, 0.3) is 0 Å². The lowest BCUT2D eigenvalue weighted by Gasteiger charge is -2.33. The number of hydrogen-bond donors (Lipinski definition) is 1. The Labute approximate surface area is 135 Å². The minimum absolute atomic E-state index is 0.0166. The summed E-state index contributed by atoms with van der Waals surface area (Å²) in [7, 11) is 0. The Morgan fingerprint density at radius 3 is 2.39 bits per heavy atom. The summed E-state index contributed by atoms with van der Waals surface area (Å²) >= 11 is 0. The maximum absolute atomic E-state index is 12.0. The molecule has 0 aromatic carbocycles. The first-order chi connectivity index (χ1) is 10.7. The van der Waals surface area contributed by atoms with Crippen LogP contribution in [0.5, 0.6) is 5.75 Å². The summed E-state index contributed by atoms with van der Waals surface area (Å²) in [5.74, 6) is -0.534. The van der Waals surface area contributed by atoms with Crippen molar-refractivity contribution in [2.24, 2.45) is 0 Å². The number of piperidine rings is 1. The van der Waals surface area contributed by atoms with Crippen molar-refractivity contribution in [3.63, 3.8) is 0 Å². The molecule has 1 N–H and O–H groups in total. The quantitative estimate of drug-likeness (QED) is 0.920. The molecule has 0 spiro atoms. The van der Waals surface area contributed by atoms with E-state index in [4.69, 9.17) is 14.6 Å². The van der Waals surface area contributed by atoms with E-state index >= 15 is 0 Å². The van der Waals surface area contributed by atoms with Gasteiger partial charge in [0.25, 0.3) is 0 Å². The third-order valence-electron chi connectivity index (χ3n) is 3.35. The fourth-order valence-electron chi connectivity index (χ4n) is 2.25. The Kier molecular flexibility index (Phi) is 5.08. The standard InChI is InChI=1S/C16H22N2O5/c1-16(2,3)23-15(21)18-8-6-11(7-9-18)22-12-4-5-13(14(19)20)17-10-12/h4-5,10-11H,6-9H2,1-3H3,(H,19,20). The van der Waals surface area contributed by atoms with E-state index in [-0.39, 0.29) is 17.9 Å². The Bertz CT molecular complexity index is 557. The number of carbonyl (C=O) groups is 2. The lowest BCUT2D eigenvalue weighted by Crippen LogP contribution is -2.44. The molecule has 1 saturated heterocycles. The average molecular weight is 322 g/mol. The van der Waals surface area contributed by atoms with E-state index in [1.807, 2.05) is 20.8 Å². The number of pyridine rings is 1. The topological polar surface area (TPSA) is 89.0 Å². The van der Waals surface area contributed by atoms with Gasteiger partial charge in [0.2, 0.25) is 0 Å². The minimum atomic E-state index is -1.07. The molecule has 126 valence electrons. The summed E-state index contributed by atoms with van der Waals surface area (Å²) < 4.78 is 11.1. The van der Waals surface area contributed by atoms with Crippen LogP contribution in [0.2, 0.25) is 0 Å². The van der Waals surface area contributed by atoms with E-state index in [0.29, 0.717) is 31.7 Å². The number of aromatic carboxylic acids is 1. The normalized spacial score (nSPS) is 16.0. The summed E-state index contributed by atoms with van der Waals surface area (Å²) in [6, 6.07) is 3.00. The molecule has 0 saturated carbocycles. The zero-order valence-corrected chi connectivity index (χ0v) is 13.6. The Hall–Kier alpha value is -2.31. The zero-order valence-electron chi connectivity index (χ0n) is 13.6. The third kappa shape index (κ3) is 5.12. The highest BCUT2D eigenvalue weighted by Crippen LogP contribution is 2.20. The molecule has 7 nitrogen and oxygen atoms in total. The lowest BCUT2D eigenvalue weighted by molar-refractivity contribution is 0.0126. The number of rotatable bonds is 3. The van der Waals surface area contributed by atoms with Crippen molar-refractivity contribution in [2.45, 2.75) is 45.3 Å². The number of nitrogens with zero attached hydrogens (tertiary/aromatic N) is 2. The van der Waals surface area contributed by atoms with Crippen molar-refractivity contribution in [3.8, 4) is 5.75 Å². The van der Waals surface area contributed by atoms with Crippen LogP contribution in [-0.2, 0) is 4.74 Å². The van der Waals surface area contributed by atoms with Crippen molar-refractivity contribution < 1.29 is 24.2 Å². The SMILES string of the molecule is CC(C)(C)OC(=O)N1CCC(Oc2ccc(C(=O)O)nc2)CC1. The van der Waals surface area contributed by atoms with Gasteiger partial charge in [-0.05, 0) is 32.9 Å². The van der Waals surface area contributed by atoms with Crippen molar-refractivity contribution >= 4 is 12.1 Å². The second kappa shape index (κ2) is 6.85. The fraction of sp³-hybridized carbons (Fsp3) is 0.562. The van der Waals surface area contributed by atoms with Gasteiger partial charge in [0.1, 0.15) is 23.1 Å². The maximum atomic E-state index is 12.0. The molecule has 0 radical (unpaired) electrons. The smallest absolute Gasteiger partial charge is 0.410 e. The molecule has 7 heteroatoms. The summed E-state index contributed by atoms with van der Waals surface area (Å²) in [6.07, 6.45) is 2.47. The highest BCUT2D eigenvalue weighted by Gasteiger charge is 2.27. The molecule has 1 aromatic heterocycles. The van der Waals surface area contributed by atoms with E-state index in [9.17, 15) is 9.59 Å². The molecule has 1 aromatic rings. The van der Waals surface area contributed by atoms with Crippen molar-refractivity contribution in [1.82, 2.24) is 9.88 Å². The van der Waals surface area contributed by atoms with Crippen LogP contribution in [0.3, 0.4) is 0 Å². The molecular formula is C16H22N2O5. The number of carboxylic acid groups (broad SMARTS) is 1. The molecular weight excluding hydrogens is 300 g/mol.